The second kappa shape index (κ2) is 4.53. The van der Waals surface area contributed by atoms with Gasteiger partial charge in [-0.3, -0.25) is 0 Å². The van der Waals surface area contributed by atoms with E-state index in [9.17, 15) is 8.42 Å². The first-order chi connectivity index (χ1) is 7.63. The molecule has 0 aromatic heterocycles. The molecule has 0 radical (unpaired) electrons. The maximum atomic E-state index is 12.0. The highest BCUT2D eigenvalue weighted by molar-refractivity contribution is 7.89. The van der Waals surface area contributed by atoms with Crippen molar-refractivity contribution in [1.29, 1.82) is 0 Å². The number of rotatable bonds is 4. The average Bonchev–Trinajstić information content (AvgIpc) is 2.24. The Morgan fingerprint density at radius 2 is 2.00 bits per heavy atom. The molecule has 1 fully saturated rings. The molecule has 5 heteroatoms. The van der Waals surface area contributed by atoms with Crippen molar-refractivity contribution in [2.45, 2.75) is 36.7 Å². The minimum Gasteiger partial charge on any atom is -0.326 e. The summed E-state index contributed by atoms with van der Waals surface area (Å²) in [6.07, 6.45) is 2.97. The first kappa shape index (κ1) is 11.6. The molecule has 4 nitrogen and oxygen atoms in total. The molecule has 0 saturated heterocycles. The predicted molar refractivity (Wildman–Crippen MR) is 62.3 cm³/mol. The summed E-state index contributed by atoms with van der Waals surface area (Å²) in [6.45, 7) is 0.238. The molecular formula is C11H16N2O2S. The molecule has 0 amide bonds. The molecule has 88 valence electrons. The third-order valence-electron chi connectivity index (χ3n) is 2.91. The summed E-state index contributed by atoms with van der Waals surface area (Å²) < 4.78 is 26.8. The van der Waals surface area contributed by atoms with Crippen LogP contribution in [0.2, 0.25) is 0 Å². The zero-order chi connectivity index (χ0) is 11.6. The highest BCUT2D eigenvalue weighted by Gasteiger charge is 2.25. The first-order valence-electron chi connectivity index (χ1n) is 5.44. The molecule has 0 atom stereocenters. The molecule has 0 bridgehead atoms. The summed E-state index contributed by atoms with van der Waals surface area (Å²) in [5.41, 5.74) is 6.19. The normalized spacial score (nSPS) is 17.1. The van der Waals surface area contributed by atoms with Crippen molar-refractivity contribution in [3.05, 3.63) is 29.8 Å². The second-order valence-corrected chi connectivity index (χ2v) is 5.74. The van der Waals surface area contributed by atoms with Crippen LogP contribution in [0.3, 0.4) is 0 Å². The molecule has 3 N–H and O–H groups in total. The highest BCUT2D eigenvalue weighted by atomic mass is 32.2. The molecule has 1 aliphatic carbocycles. The summed E-state index contributed by atoms with van der Waals surface area (Å²) in [4.78, 5) is 0.310. The van der Waals surface area contributed by atoms with E-state index >= 15 is 0 Å². The third kappa shape index (κ3) is 2.26. The average molecular weight is 240 g/mol. The number of nitrogens with two attached hydrogens (primary N) is 1. The van der Waals surface area contributed by atoms with Gasteiger partial charge < -0.3 is 5.73 Å². The van der Waals surface area contributed by atoms with Gasteiger partial charge in [0.15, 0.2) is 0 Å². The van der Waals surface area contributed by atoms with Crippen LogP contribution in [0.1, 0.15) is 24.8 Å². The van der Waals surface area contributed by atoms with Gasteiger partial charge in [-0.15, -0.1) is 0 Å². The van der Waals surface area contributed by atoms with E-state index < -0.39 is 10.0 Å². The Balaban J connectivity index is 2.27. The van der Waals surface area contributed by atoms with Crippen LogP contribution in [0.15, 0.2) is 29.2 Å². The Kier molecular flexibility index (Phi) is 3.28. The van der Waals surface area contributed by atoms with E-state index in [1.54, 1.807) is 24.3 Å². The Bertz CT molecular complexity index is 467. The van der Waals surface area contributed by atoms with Crippen LogP contribution in [-0.2, 0) is 16.6 Å². The molecule has 16 heavy (non-hydrogen) atoms. The molecule has 1 aromatic carbocycles. The zero-order valence-electron chi connectivity index (χ0n) is 9.02. The fraction of sp³-hybridized carbons (Fsp3) is 0.455. The Hall–Kier alpha value is -0.910. The molecule has 0 heterocycles. The Morgan fingerprint density at radius 1 is 1.31 bits per heavy atom. The van der Waals surface area contributed by atoms with Crippen molar-refractivity contribution in [3.63, 3.8) is 0 Å². The van der Waals surface area contributed by atoms with E-state index in [-0.39, 0.29) is 12.6 Å². The van der Waals surface area contributed by atoms with Gasteiger partial charge >= 0.3 is 0 Å². The number of hydrogen-bond donors (Lipinski definition) is 2. The van der Waals surface area contributed by atoms with E-state index in [1.807, 2.05) is 0 Å². The van der Waals surface area contributed by atoms with Crippen molar-refractivity contribution in [3.8, 4) is 0 Å². The van der Waals surface area contributed by atoms with Gasteiger partial charge in [0.05, 0.1) is 4.90 Å². The summed E-state index contributed by atoms with van der Waals surface area (Å²) in [5, 5.41) is 0. The maximum absolute atomic E-state index is 12.0. The van der Waals surface area contributed by atoms with Crippen LogP contribution in [-0.4, -0.2) is 14.5 Å². The van der Waals surface area contributed by atoms with Crippen molar-refractivity contribution in [2.75, 3.05) is 0 Å². The van der Waals surface area contributed by atoms with E-state index in [0.717, 1.165) is 19.3 Å². The van der Waals surface area contributed by atoms with Gasteiger partial charge in [-0.05, 0) is 24.5 Å². The number of nitrogens with one attached hydrogen (secondary N) is 1. The molecule has 2 rings (SSSR count). The van der Waals surface area contributed by atoms with Gasteiger partial charge in [0.2, 0.25) is 10.0 Å². The van der Waals surface area contributed by atoms with E-state index in [0.29, 0.717) is 10.5 Å². The molecule has 1 aromatic rings. The van der Waals surface area contributed by atoms with Gasteiger partial charge in [-0.2, -0.15) is 0 Å². The van der Waals surface area contributed by atoms with Gasteiger partial charge in [0, 0.05) is 12.6 Å². The summed E-state index contributed by atoms with van der Waals surface area (Å²) in [6, 6.07) is 6.97. The largest absolute Gasteiger partial charge is 0.326 e. The van der Waals surface area contributed by atoms with E-state index in [4.69, 9.17) is 5.73 Å². The van der Waals surface area contributed by atoms with Gasteiger partial charge in [0.25, 0.3) is 0 Å². The smallest absolute Gasteiger partial charge is 0.241 e. The molecule has 0 spiro atoms. The van der Waals surface area contributed by atoms with E-state index in [2.05, 4.69) is 4.72 Å². The molecular weight excluding hydrogens is 224 g/mol. The molecule has 1 saturated carbocycles. The quantitative estimate of drug-likeness (QED) is 0.824. The third-order valence-corrected chi connectivity index (χ3v) is 4.53. The maximum Gasteiger partial charge on any atom is 0.241 e. The lowest BCUT2D eigenvalue weighted by molar-refractivity contribution is 0.383. The number of sulfonamides is 1. The lowest BCUT2D eigenvalue weighted by atomic mass is 9.94. The summed E-state index contributed by atoms with van der Waals surface area (Å²) >= 11 is 0. The van der Waals surface area contributed by atoms with Crippen LogP contribution in [0, 0.1) is 0 Å². The van der Waals surface area contributed by atoms with Crippen LogP contribution >= 0.6 is 0 Å². The second-order valence-electron chi connectivity index (χ2n) is 4.06. The van der Waals surface area contributed by atoms with Gasteiger partial charge in [0.1, 0.15) is 0 Å². The van der Waals surface area contributed by atoms with Gasteiger partial charge in [-0.25, -0.2) is 13.1 Å². The standard InChI is InChI=1S/C11H16N2O2S/c12-8-9-4-1-2-7-11(9)16(14,15)13-10-5-3-6-10/h1-2,4,7,10,13H,3,5-6,8,12H2. The lowest BCUT2D eigenvalue weighted by Crippen LogP contribution is -2.39. The number of benzene rings is 1. The topological polar surface area (TPSA) is 72.2 Å². The number of hydrogen-bond acceptors (Lipinski definition) is 3. The minimum atomic E-state index is -3.39. The van der Waals surface area contributed by atoms with E-state index in [1.165, 1.54) is 0 Å². The molecule has 1 aliphatic rings. The fourth-order valence-electron chi connectivity index (χ4n) is 1.74. The van der Waals surface area contributed by atoms with Crippen LogP contribution in [0.25, 0.3) is 0 Å². The van der Waals surface area contributed by atoms with Crippen LogP contribution in [0.4, 0.5) is 0 Å². The van der Waals surface area contributed by atoms with Crippen molar-refractivity contribution >= 4 is 10.0 Å². The first-order valence-corrected chi connectivity index (χ1v) is 6.92. The summed E-state index contributed by atoms with van der Waals surface area (Å²) in [7, 11) is -3.39. The van der Waals surface area contributed by atoms with Crippen molar-refractivity contribution < 1.29 is 8.42 Å². The van der Waals surface area contributed by atoms with Crippen molar-refractivity contribution in [2.24, 2.45) is 5.73 Å². The predicted octanol–water partition coefficient (Wildman–Crippen LogP) is 0.976. The lowest BCUT2D eigenvalue weighted by Gasteiger charge is -2.26. The Morgan fingerprint density at radius 3 is 2.56 bits per heavy atom. The molecule has 0 unspecified atom stereocenters. The zero-order valence-corrected chi connectivity index (χ0v) is 9.83. The minimum absolute atomic E-state index is 0.107. The fourth-order valence-corrected chi connectivity index (χ4v) is 3.30. The van der Waals surface area contributed by atoms with Crippen LogP contribution < -0.4 is 10.5 Å². The highest BCUT2D eigenvalue weighted by Crippen LogP contribution is 2.22. The SMILES string of the molecule is NCc1ccccc1S(=O)(=O)NC1CCC1. The monoisotopic (exact) mass is 240 g/mol. The van der Waals surface area contributed by atoms with Crippen molar-refractivity contribution in [1.82, 2.24) is 4.72 Å². The Labute approximate surface area is 95.9 Å². The van der Waals surface area contributed by atoms with Gasteiger partial charge in [-0.1, -0.05) is 24.6 Å². The van der Waals surface area contributed by atoms with Crippen LogP contribution in [0.5, 0.6) is 0 Å². The molecule has 0 aliphatic heterocycles. The summed E-state index contributed by atoms with van der Waals surface area (Å²) in [5.74, 6) is 0.